The van der Waals surface area contributed by atoms with E-state index >= 15 is 0 Å². The summed E-state index contributed by atoms with van der Waals surface area (Å²) in [6.07, 6.45) is 7.27. The molecule has 0 bridgehead atoms. The first-order chi connectivity index (χ1) is 8.04. The number of hydrogen-bond donors (Lipinski definition) is 1. The Morgan fingerprint density at radius 2 is 1.76 bits per heavy atom. The summed E-state index contributed by atoms with van der Waals surface area (Å²) < 4.78 is 30.5. The second-order valence-electron chi connectivity index (χ2n) is 4.01. The van der Waals surface area contributed by atoms with Gasteiger partial charge in [-0.3, -0.25) is 4.55 Å². The highest BCUT2D eigenvalue weighted by molar-refractivity contribution is 7.85. The number of unbranched alkanes of at least 4 members (excludes halogenated alkanes) is 3. The third-order valence-electron chi connectivity index (χ3n) is 2.59. The van der Waals surface area contributed by atoms with Gasteiger partial charge in [0.2, 0.25) is 0 Å². The van der Waals surface area contributed by atoms with E-state index in [2.05, 4.69) is 6.58 Å². The van der Waals surface area contributed by atoms with Crippen LogP contribution in [0.5, 0.6) is 0 Å². The molecule has 0 aliphatic carbocycles. The fraction of sp³-hybridized carbons (Fsp3) is 0.385. The van der Waals surface area contributed by atoms with Crippen LogP contribution in [0.25, 0.3) is 0 Å². The van der Waals surface area contributed by atoms with Gasteiger partial charge in [-0.2, -0.15) is 8.42 Å². The zero-order chi connectivity index (χ0) is 12.7. The molecule has 0 aliphatic heterocycles. The molecule has 0 saturated carbocycles. The van der Waals surface area contributed by atoms with E-state index in [0.717, 1.165) is 37.7 Å². The number of hydrogen-bond acceptors (Lipinski definition) is 2. The molecule has 1 N–H and O–H groups in total. The standard InChI is InChI=1S/C13H18O3S/c1-2-3-4-5-6-7-12-8-10-13(11-9-12)17(14,15)16/h2,8-11H,1,3-7H2,(H,14,15,16). The minimum atomic E-state index is -4.06. The summed E-state index contributed by atoms with van der Waals surface area (Å²) in [5.74, 6) is 0. The van der Waals surface area contributed by atoms with Crippen LogP contribution in [0.1, 0.15) is 31.2 Å². The van der Waals surface area contributed by atoms with E-state index in [0.29, 0.717) is 0 Å². The van der Waals surface area contributed by atoms with Gasteiger partial charge in [-0.1, -0.05) is 24.6 Å². The molecule has 0 heterocycles. The first-order valence-electron chi connectivity index (χ1n) is 5.71. The van der Waals surface area contributed by atoms with Crippen molar-refractivity contribution < 1.29 is 13.0 Å². The summed E-state index contributed by atoms with van der Waals surface area (Å²) in [5, 5.41) is 0. The van der Waals surface area contributed by atoms with E-state index < -0.39 is 10.1 Å². The molecule has 0 spiro atoms. The number of rotatable bonds is 7. The van der Waals surface area contributed by atoms with Crippen LogP contribution in [0.4, 0.5) is 0 Å². The van der Waals surface area contributed by atoms with E-state index in [1.165, 1.54) is 12.1 Å². The quantitative estimate of drug-likeness (QED) is 0.462. The van der Waals surface area contributed by atoms with Gasteiger partial charge in [0, 0.05) is 0 Å². The highest BCUT2D eigenvalue weighted by atomic mass is 32.2. The molecule has 0 unspecified atom stereocenters. The highest BCUT2D eigenvalue weighted by Crippen LogP contribution is 2.12. The van der Waals surface area contributed by atoms with Crippen LogP contribution < -0.4 is 0 Å². The normalized spacial score (nSPS) is 11.4. The SMILES string of the molecule is C=CCCCCCc1ccc(S(=O)(=O)O)cc1. The van der Waals surface area contributed by atoms with E-state index in [9.17, 15) is 8.42 Å². The predicted molar refractivity (Wildman–Crippen MR) is 68.6 cm³/mol. The van der Waals surface area contributed by atoms with Crippen LogP contribution in [0, 0.1) is 0 Å². The third-order valence-corrected chi connectivity index (χ3v) is 3.46. The minimum Gasteiger partial charge on any atom is -0.282 e. The number of aryl methyl sites for hydroxylation is 1. The maximum Gasteiger partial charge on any atom is 0.294 e. The topological polar surface area (TPSA) is 54.4 Å². The largest absolute Gasteiger partial charge is 0.294 e. The average molecular weight is 254 g/mol. The molecule has 1 aromatic carbocycles. The Kier molecular flexibility index (Phi) is 5.38. The lowest BCUT2D eigenvalue weighted by Crippen LogP contribution is -1.97. The van der Waals surface area contributed by atoms with Crippen LogP contribution in [0.15, 0.2) is 41.8 Å². The molecule has 94 valence electrons. The van der Waals surface area contributed by atoms with Crippen LogP contribution in [0.2, 0.25) is 0 Å². The maximum atomic E-state index is 10.8. The minimum absolute atomic E-state index is 0.0482. The molecular formula is C13H18O3S. The van der Waals surface area contributed by atoms with E-state index in [1.807, 2.05) is 6.08 Å². The molecule has 1 rings (SSSR count). The van der Waals surface area contributed by atoms with Crippen molar-refractivity contribution in [2.45, 2.75) is 37.0 Å². The Bertz CT molecular complexity index is 446. The van der Waals surface area contributed by atoms with Gasteiger partial charge in [0.1, 0.15) is 0 Å². The van der Waals surface area contributed by atoms with Gasteiger partial charge in [-0.25, -0.2) is 0 Å². The van der Waals surface area contributed by atoms with E-state index in [1.54, 1.807) is 12.1 Å². The molecule has 1 aromatic rings. The summed E-state index contributed by atoms with van der Waals surface area (Å²) in [5.41, 5.74) is 1.09. The van der Waals surface area contributed by atoms with Crippen molar-refractivity contribution in [3.63, 3.8) is 0 Å². The molecule has 0 radical (unpaired) electrons. The maximum absolute atomic E-state index is 10.8. The number of benzene rings is 1. The predicted octanol–water partition coefficient (Wildman–Crippen LogP) is 3.22. The molecule has 0 amide bonds. The molecule has 0 saturated heterocycles. The molecule has 0 aromatic heterocycles. The Balaban J connectivity index is 2.44. The molecule has 0 aliphatic rings. The van der Waals surface area contributed by atoms with Gasteiger partial charge in [0.25, 0.3) is 10.1 Å². The van der Waals surface area contributed by atoms with Crippen molar-refractivity contribution in [3.8, 4) is 0 Å². The number of allylic oxidation sites excluding steroid dienone is 1. The van der Waals surface area contributed by atoms with Gasteiger partial charge in [0.05, 0.1) is 4.90 Å². The Labute approximate surface area is 103 Å². The molecule has 0 fully saturated rings. The van der Waals surface area contributed by atoms with E-state index in [4.69, 9.17) is 4.55 Å². The molecule has 4 heteroatoms. The lowest BCUT2D eigenvalue weighted by Gasteiger charge is -2.02. The summed E-state index contributed by atoms with van der Waals surface area (Å²) >= 11 is 0. The first kappa shape index (κ1) is 13.9. The van der Waals surface area contributed by atoms with Crippen LogP contribution in [-0.4, -0.2) is 13.0 Å². The van der Waals surface area contributed by atoms with Gasteiger partial charge in [-0.05, 0) is 43.4 Å². The zero-order valence-electron chi connectivity index (χ0n) is 9.80. The van der Waals surface area contributed by atoms with Crippen molar-refractivity contribution in [1.29, 1.82) is 0 Å². The van der Waals surface area contributed by atoms with Gasteiger partial charge < -0.3 is 0 Å². The van der Waals surface area contributed by atoms with Gasteiger partial charge >= 0.3 is 0 Å². The molecule has 0 atom stereocenters. The van der Waals surface area contributed by atoms with Crippen LogP contribution in [-0.2, 0) is 16.5 Å². The third kappa shape index (κ3) is 5.15. The van der Waals surface area contributed by atoms with Crippen molar-refractivity contribution in [2.75, 3.05) is 0 Å². The lowest BCUT2D eigenvalue weighted by atomic mass is 10.1. The fourth-order valence-electron chi connectivity index (χ4n) is 1.62. The lowest BCUT2D eigenvalue weighted by molar-refractivity contribution is 0.483. The van der Waals surface area contributed by atoms with Crippen molar-refractivity contribution >= 4 is 10.1 Å². The molecular weight excluding hydrogens is 236 g/mol. The van der Waals surface area contributed by atoms with Crippen molar-refractivity contribution in [2.24, 2.45) is 0 Å². The zero-order valence-corrected chi connectivity index (χ0v) is 10.6. The van der Waals surface area contributed by atoms with Crippen molar-refractivity contribution in [3.05, 3.63) is 42.5 Å². The Morgan fingerprint density at radius 3 is 2.29 bits per heavy atom. The summed E-state index contributed by atoms with van der Waals surface area (Å²) in [7, 11) is -4.06. The molecule has 17 heavy (non-hydrogen) atoms. The first-order valence-corrected chi connectivity index (χ1v) is 7.15. The van der Waals surface area contributed by atoms with Crippen molar-refractivity contribution in [1.82, 2.24) is 0 Å². The highest BCUT2D eigenvalue weighted by Gasteiger charge is 2.07. The second-order valence-corrected chi connectivity index (χ2v) is 5.43. The monoisotopic (exact) mass is 254 g/mol. The molecule has 3 nitrogen and oxygen atoms in total. The fourth-order valence-corrected chi connectivity index (χ4v) is 2.10. The smallest absolute Gasteiger partial charge is 0.282 e. The summed E-state index contributed by atoms with van der Waals surface area (Å²) in [6.45, 7) is 3.67. The van der Waals surface area contributed by atoms with Gasteiger partial charge in [-0.15, -0.1) is 6.58 Å². The Hall–Kier alpha value is -1.13. The van der Waals surface area contributed by atoms with E-state index in [-0.39, 0.29) is 4.90 Å². The van der Waals surface area contributed by atoms with Crippen LogP contribution in [0.3, 0.4) is 0 Å². The second kappa shape index (κ2) is 6.57. The summed E-state index contributed by atoms with van der Waals surface area (Å²) in [4.78, 5) is -0.0482. The summed E-state index contributed by atoms with van der Waals surface area (Å²) in [6, 6.07) is 6.37. The van der Waals surface area contributed by atoms with Gasteiger partial charge in [0.15, 0.2) is 0 Å². The average Bonchev–Trinajstić information content (AvgIpc) is 2.28. The van der Waals surface area contributed by atoms with Crippen LogP contribution >= 0.6 is 0 Å². The Morgan fingerprint density at radius 1 is 1.12 bits per heavy atom.